The van der Waals surface area contributed by atoms with Gasteiger partial charge in [0.05, 0.1) is 0 Å². The second-order valence-electron chi connectivity index (χ2n) is 5.52. The van der Waals surface area contributed by atoms with E-state index in [0.29, 0.717) is 18.8 Å². The molecule has 1 fully saturated rings. The number of likely N-dealkylation sites (tertiary alicyclic amines) is 1. The molecule has 4 heteroatoms. The number of nitrogens with zero attached hydrogens (tertiary/aromatic N) is 1. The number of benzene rings is 2. The third-order valence-corrected chi connectivity index (χ3v) is 4.25. The highest BCUT2D eigenvalue weighted by Crippen LogP contribution is 2.28. The number of hydrogen-bond donors (Lipinski definition) is 0. The zero-order valence-electron chi connectivity index (χ0n) is 12.2. The van der Waals surface area contributed by atoms with Crippen LogP contribution in [-0.2, 0) is 11.3 Å². The van der Waals surface area contributed by atoms with E-state index in [1.165, 1.54) is 0 Å². The molecule has 0 bridgehead atoms. The van der Waals surface area contributed by atoms with Gasteiger partial charge >= 0.3 is 0 Å². The molecular formula is C18H18ClNO2. The van der Waals surface area contributed by atoms with Crippen molar-refractivity contribution >= 4 is 17.5 Å². The molecule has 2 aromatic rings. The van der Waals surface area contributed by atoms with Crippen molar-refractivity contribution in [3.8, 4) is 11.5 Å². The van der Waals surface area contributed by atoms with Crippen molar-refractivity contribution in [1.29, 1.82) is 0 Å². The topological polar surface area (TPSA) is 29.5 Å². The number of carbonyl (C=O) groups is 1. The Morgan fingerprint density at radius 1 is 1.09 bits per heavy atom. The number of halogens is 1. The molecule has 0 radical (unpaired) electrons. The third-order valence-electron chi connectivity index (χ3n) is 3.82. The molecule has 3 rings (SSSR count). The van der Waals surface area contributed by atoms with Crippen LogP contribution in [0.2, 0.25) is 0 Å². The lowest BCUT2D eigenvalue weighted by Gasteiger charge is -2.18. The van der Waals surface area contributed by atoms with Crippen LogP contribution in [0.3, 0.4) is 0 Å². The van der Waals surface area contributed by atoms with E-state index >= 15 is 0 Å². The van der Waals surface area contributed by atoms with Crippen molar-refractivity contribution in [2.45, 2.75) is 13.0 Å². The van der Waals surface area contributed by atoms with Gasteiger partial charge in [-0.25, -0.2) is 0 Å². The van der Waals surface area contributed by atoms with E-state index < -0.39 is 0 Å². The van der Waals surface area contributed by atoms with Gasteiger partial charge in [-0.15, -0.1) is 11.6 Å². The highest BCUT2D eigenvalue weighted by molar-refractivity contribution is 6.18. The predicted molar refractivity (Wildman–Crippen MR) is 87.2 cm³/mol. The van der Waals surface area contributed by atoms with Gasteiger partial charge < -0.3 is 9.64 Å². The summed E-state index contributed by atoms with van der Waals surface area (Å²) in [6, 6.07) is 17.5. The van der Waals surface area contributed by atoms with Crippen LogP contribution in [0.4, 0.5) is 0 Å². The van der Waals surface area contributed by atoms with Crippen molar-refractivity contribution < 1.29 is 9.53 Å². The van der Waals surface area contributed by atoms with Gasteiger partial charge in [-0.1, -0.05) is 36.4 Å². The molecule has 0 aliphatic carbocycles. The minimum atomic E-state index is 0.167. The fraction of sp³-hybridized carbons (Fsp3) is 0.278. The molecule has 0 aromatic heterocycles. The molecule has 0 saturated carbocycles. The van der Waals surface area contributed by atoms with Crippen LogP contribution in [0.15, 0.2) is 54.6 Å². The van der Waals surface area contributed by atoms with Crippen molar-refractivity contribution in [2.24, 2.45) is 5.92 Å². The first-order valence-electron chi connectivity index (χ1n) is 7.41. The number of rotatable bonds is 5. The number of carbonyl (C=O) groups excluding carboxylic acids is 1. The third kappa shape index (κ3) is 3.42. The number of hydrogen-bond acceptors (Lipinski definition) is 2. The Balaban J connectivity index is 1.76. The second-order valence-corrected chi connectivity index (χ2v) is 5.83. The van der Waals surface area contributed by atoms with Gasteiger partial charge in [-0.05, 0) is 24.1 Å². The smallest absolute Gasteiger partial charge is 0.223 e. The van der Waals surface area contributed by atoms with Gasteiger partial charge in [0.25, 0.3) is 0 Å². The summed E-state index contributed by atoms with van der Waals surface area (Å²) < 4.78 is 5.94. The summed E-state index contributed by atoms with van der Waals surface area (Å²) in [6.07, 6.45) is 0.547. The lowest BCUT2D eigenvalue weighted by Crippen LogP contribution is -2.24. The van der Waals surface area contributed by atoms with Crippen molar-refractivity contribution in [3.05, 3.63) is 60.2 Å². The maximum atomic E-state index is 12.0. The van der Waals surface area contributed by atoms with E-state index in [1.807, 2.05) is 59.5 Å². The van der Waals surface area contributed by atoms with Gasteiger partial charge in [0, 0.05) is 31.0 Å². The molecule has 1 aliphatic heterocycles. The maximum absolute atomic E-state index is 12.0. The van der Waals surface area contributed by atoms with E-state index in [9.17, 15) is 4.79 Å². The Kier molecular flexibility index (Phi) is 4.64. The van der Waals surface area contributed by atoms with Crippen LogP contribution in [-0.4, -0.2) is 23.2 Å². The molecule has 0 spiro atoms. The summed E-state index contributed by atoms with van der Waals surface area (Å²) in [7, 11) is 0. The molecule has 2 aromatic carbocycles. The number of amides is 1. The minimum Gasteiger partial charge on any atom is -0.457 e. The first-order chi connectivity index (χ1) is 10.8. The van der Waals surface area contributed by atoms with Gasteiger partial charge in [0.15, 0.2) is 0 Å². The minimum absolute atomic E-state index is 0.167. The van der Waals surface area contributed by atoms with E-state index in [-0.39, 0.29) is 11.8 Å². The van der Waals surface area contributed by atoms with Crippen LogP contribution >= 0.6 is 11.6 Å². The Bertz CT molecular complexity index is 645. The van der Waals surface area contributed by atoms with E-state index in [4.69, 9.17) is 16.3 Å². The van der Waals surface area contributed by atoms with Gasteiger partial charge in [-0.3, -0.25) is 4.79 Å². The van der Waals surface area contributed by atoms with Crippen LogP contribution < -0.4 is 4.74 Å². The Hall–Kier alpha value is -2.00. The van der Waals surface area contributed by atoms with E-state index in [2.05, 4.69) is 0 Å². The lowest BCUT2D eigenvalue weighted by atomic mass is 10.1. The molecule has 0 N–H and O–H groups in total. The predicted octanol–water partition coefficient (Wildman–Crippen LogP) is 4.07. The molecule has 1 aliphatic rings. The average Bonchev–Trinajstić information content (AvgIpc) is 2.90. The first kappa shape index (κ1) is 14.9. The van der Waals surface area contributed by atoms with Crippen LogP contribution in [0.1, 0.15) is 12.0 Å². The second kappa shape index (κ2) is 6.84. The molecule has 1 saturated heterocycles. The monoisotopic (exact) mass is 315 g/mol. The average molecular weight is 316 g/mol. The molecule has 1 unspecified atom stereocenters. The summed E-state index contributed by atoms with van der Waals surface area (Å²) in [5.74, 6) is 2.54. The summed E-state index contributed by atoms with van der Waals surface area (Å²) in [6.45, 7) is 1.29. The van der Waals surface area contributed by atoms with E-state index in [0.717, 1.165) is 23.6 Å². The molecule has 1 atom stereocenters. The largest absolute Gasteiger partial charge is 0.457 e. The summed E-state index contributed by atoms with van der Waals surface area (Å²) in [5, 5.41) is 0. The van der Waals surface area contributed by atoms with Crippen LogP contribution in [0.25, 0.3) is 0 Å². The molecule has 3 nitrogen and oxygen atoms in total. The van der Waals surface area contributed by atoms with Crippen molar-refractivity contribution in [1.82, 2.24) is 4.90 Å². The molecule has 114 valence electrons. The zero-order chi connectivity index (χ0) is 15.4. The fourth-order valence-electron chi connectivity index (χ4n) is 2.67. The first-order valence-corrected chi connectivity index (χ1v) is 7.94. The Morgan fingerprint density at radius 2 is 1.82 bits per heavy atom. The Morgan fingerprint density at radius 3 is 2.55 bits per heavy atom. The van der Waals surface area contributed by atoms with Gasteiger partial charge in [0.2, 0.25) is 5.91 Å². The summed E-state index contributed by atoms with van der Waals surface area (Å²) in [4.78, 5) is 13.9. The molecule has 22 heavy (non-hydrogen) atoms. The van der Waals surface area contributed by atoms with Gasteiger partial charge in [0.1, 0.15) is 11.5 Å². The number of alkyl halides is 1. The maximum Gasteiger partial charge on any atom is 0.223 e. The standard InChI is InChI=1S/C18H18ClNO2/c19-11-14-10-18(21)20(12-14)13-15-6-4-5-9-17(15)22-16-7-2-1-3-8-16/h1-9,14H,10-13H2. The van der Waals surface area contributed by atoms with Crippen LogP contribution in [0, 0.1) is 5.92 Å². The normalized spacial score (nSPS) is 17.8. The van der Waals surface area contributed by atoms with Gasteiger partial charge in [-0.2, -0.15) is 0 Å². The highest BCUT2D eigenvalue weighted by atomic mass is 35.5. The molecule has 1 heterocycles. The van der Waals surface area contributed by atoms with Crippen LogP contribution in [0.5, 0.6) is 11.5 Å². The quantitative estimate of drug-likeness (QED) is 0.779. The lowest BCUT2D eigenvalue weighted by molar-refractivity contribution is -0.128. The summed E-state index contributed by atoms with van der Waals surface area (Å²) >= 11 is 5.88. The number of ether oxygens (including phenoxy) is 1. The van der Waals surface area contributed by atoms with Crippen molar-refractivity contribution in [2.75, 3.05) is 12.4 Å². The Labute approximate surface area is 135 Å². The number of para-hydroxylation sites is 2. The van der Waals surface area contributed by atoms with E-state index in [1.54, 1.807) is 0 Å². The fourth-order valence-corrected chi connectivity index (χ4v) is 2.87. The van der Waals surface area contributed by atoms with Crippen molar-refractivity contribution in [3.63, 3.8) is 0 Å². The highest BCUT2D eigenvalue weighted by Gasteiger charge is 2.29. The molecule has 1 amide bonds. The molecular weight excluding hydrogens is 298 g/mol. The summed E-state index contributed by atoms with van der Waals surface area (Å²) in [5.41, 5.74) is 1.01. The zero-order valence-corrected chi connectivity index (χ0v) is 13.0. The SMILES string of the molecule is O=C1CC(CCl)CN1Cc1ccccc1Oc1ccccc1.